The van der Waals surface area contributed by atoms with Gasteiger partial charge in [-0.05, 0) is 51.2 Å². The molecular weight excluding hydrogens is 573 g/mol. The first-order valence-corrected chi connectivity index (χ1v) is 15.8. The summed E-state index contributed by atoms with van der Waals surface area (Å²) in [5.74, 6) is 1.80. The van der Waals surface area contributed by atoms with Crippen molar-refractivity contribution >= 4 is 28.1 Å². The minimum atomic E-state index is 0.561. The summed E-state index contributed by atoms with van der Waals surface area (Å²) >= 11 is 0. The first-order valence-electron chi connectivity index (χ1n) is 15.8. The van der Waals surface area contributed by atoms with Gasteiger partial charge in [-0.2, -0.15) is 9.97 Å². The van der Waals surface area contributed by atoms with Crippen LogP contribution in [-0.4, -0.2) is 15.0 Å². The molecule has 47 heavy (non-hydrogen) atoms. The smallest absolute Gasteiger partial charge is 0.238 e. The number of aromatic nitrogens is 3. The van der Waals surface area contributed by atoms with Gasteiger partial charge in [0.1, 0.15) is 0 Å². The number of rotatable bonds is 4. The van der Waals surface area contributed by atoms with E-state index in [1.165, 1.54) is 21.9 Å². The lowest BCUT2D eigenvalue weighted by molar-refractivity contribution is 1.02. The highest BCUT2D eigenvalue weighted by atomic mass is 15.3. The van der Waals surface area contributed by atoms with Crippen LogP contribution in [-0.2, 0) is 0 Å². The molecule has 7 aromatic carbocycles. The molecule has 2 heterocycles. The summed E-state index contributed by atoms with van der Waals surface area (Å²) in [6.07, 6.45) is 0. The zero-order valence-corrected chi connectivity index (χ0v) is 25.5. The molecule has 0 unspecified atom stereocenters. The lowest BCUT2D eigenvalue weighted by atomic mass is 9.88. The molecule has 9 rings (SSSR count). The summed E-state index contributed by atoms with van der Waals surface area (Å²) in [4.78, 5) is 17.8. The monoisotopic (exact) mass is 600 g/mol. The minimum absolute atomic E-state index is 0.561. The Kier molecular flexibility index (Phi) is 6.43. The van der Waals surface area contributed by atoms with Gasteiger partial charge in [-0.15, -0.1) is 0 Å². The van der Waals surface area contributed by atoms with Gasteiger partial charge < -0.3 is 0 Å². The molecule has 4 heteroatoms. The van der Waals surface area contributed by atoms with Crippen LogP contribution in [0.2, 0.25) is 0 Å². The van der Waals surface area contributed by atoms with E-state index < -0.39 is 0 Å². The average Bonchev–Trinajstić information content (AvgIpc) is 3.15. The first-order chi connectivity index (χ1) is 23.3. The van der Waals surface area contributed by atoms with E-state index >= 15 is 0 Å². The molecule has 1 aliphatic rings. The molecule has 0 fully saturated rings. The normalized spacial score (nSPS) is 11.8. The van der Waals surface area contributed by atoms with Crippen LogP contribution in [0.25, 0.3) is 66.9 Å². The second-order valence-electron chi connectivity index (χ2n) is 11.7. The molecule has 0 spiro atoms. The molecule has 0 amide bonds. The standard InChI is InChI=1S/C43H28N4/c1-3-14-29(15-4-1)32-20-11-21-33(28-32)42-44-41(31-16-5-2-6-17-31)45-43(46-42)47-38-26-9-7-22-34(38)36-24-12-18-30-19-13-25-37(40(30)36)35-23-8-10-27-39(35)47/h1-28H. The molecule has 0 saturated heterocycles. The van der Waals surface area contributed by atoms with Crippen LogP contribution in [0.15, 0.2) is 170 Å². The highest BCUT2D eigenvalue weighted by Gasteiger charge is 2.27. The van der Waals surface area contributed by atoms with Gasteiger partial charge in [0.05, 0.1) is 11.4 Å². The maximum atomic E-state index is 5.27. The van der Waals surface area contributed by atoms with E-state index in [4.69, 9.17) is 15.0 Å². The molecule has 0 saturated carbocycles. The molecular formula is C43H28N4. The Morgan fingerprint density at radius 1 is 0.340 bits per heavy atom. The third-order valence-corrected chi connectivity index (χ3v) is 8.86. The number of hydrogen-bond donors (Lipinski definition) is 0. The Morgan fingerprint density at radius 3 is 1.45 bits per heavy atom. The van der Waals surface area contributed by atoms with Crippen LogP contribution in [0.1, 0.15) is 0 Å². The van der Waals surface area contributed by atoms with Crippen molar-refractivity contribution in [2.24, 2.45) is 0 Å². The largest absolute Gasteiger partial charge is 0.278 e. The Hall–Kier alpha value is -6.39. The van der Waals surface area contributed by atoms with Crippen molar-refractivity contribution in [2.45, 2.75) is 0 Å². The number of anilines is 3. The highest BCUT2D eigenvalue weighted by molar-refractivity contribution is 6.12. The van der Waals surface area contributed by atoms with Crippen molar-refractivity contribution in [3.8, 4) is 56.2 Å². The van der Waals surface area contributed by atoms with Crippen LogP contribution >= 0.6 is 0 Å². The summed E-state index contributed by atoms with van der Waals surface area (Å²) in [6, 6.07) is 59.2. The number of para-hydroxylation sites is 2. The summed E-state index contributed by atoms with van der Waals surface area (Å²) < 4.78 is 0. The molecule has 1 aromatic heterocycles. The Bertz CT molecular complexity index is 2340. The van der Waals surface area contributed by atoms with Crippen molar-refractivity contribution in [3.63, 3.8) is 0 Å². The predicted octanol–water partition coefficient (Wildman–Crippen LogP) is 11.1. The third kappa shape index (κ3) is 4.66. The van der Waals surface area contributed by atoms with E-state index in [-0.39, 0.29) is 0 Å². The molecule has 0 radical (unpaired) electrons. The third-order valence-electron chi connectivity index (χ3n) is 8.86. The first kappa shape index (κ1) is 27.0. The van der Waals surface area contributed by atoms with Crippen LogP contribution in [0.4, 0.5) is 17.3 Å². The Morgan fingerprint density at radius 2 is 0.809 bits per heavy atom. The minimum Gasteiger partial charge on any atom is -0.278 e. The van der Waals surface area contributed by atoms with E-state index in [1.54, 1.807) is 0 Å². The number of hydrogen-bond acceptors (Lipinski definition) is 4. The zero-order valence-electron chi connectivity index (χ0n) is 25.5. The van der Waals surface area contributed by atoms with Gasteiger partial charge in [0.2, 0.25) is 5.95 Å². The fourth-order valence-electron chi connectivity index (χ4n) is 6.71. The maximum Gasteiger partial charge on any atom is 0.238 e. The lowest BCUT2D eigenvalue weighted by Gasteiger charge is -2.31. The molecule has 0 bridgehead atoms. The second kappa shape index (κ2) is 11.2. The van der Waals surface area contributed by atoms with Crippen molar-refractivity contribution in [2.75, 3.05) is 4.90 Å². The molecule has 0 atom stereocenters. The fourth-order valence-corrected chi connectivity index (χ4v) is 6.71. The Labute approximate surface area is 273 Å². The van der Waals surface area contributed by atoms with Gasteiger partial charge in [-0.25, -0.2) is 4.98 Å². The quantitative estimate of drug-likeness (QED) is 0.202. The second-order valence-corrected chi connectivity index (χ2v) is 11.7. The maximum absolute atomic E-state index is 5.27. The molecule has 8 aromatic rings. The summed E-state index contributed by atoms with van der Waals surface area (Å²) in [5.41, 5.74) is 10.7. The molecule has 220 valence electrons. The fraction of sp³-hybridized carbons (Fsp3) is 0. The van der Waals surface area contributed by atoms with Gasteiger partial charge in [0.15, 0.2) is 11.6 Å². The van der Waals surface area contributed by atoms with Crippen LogP contribution in [0, 0.1) is 0 Å². The predicted molar refractivity (Wildman–Crippen MR) is 193 cm³/mol. The van der Waals surface area contributed by atoms with Crippen molar-refractivity contribution in [1.29, 1.82) is 0 Å². The molecule has 0 aliphatic carbocycles. The van der Waals surface area contributed by atoms with E-state index in [1.807, 2.05) is 24.3 Å². The zero-order chi connectivity index (χ0) is 31.2. The molecule has 1 aliphatic heterocycles. The lowest BCUT2D eigenvalue weighted by Crippen LogP contribution is -2.17. The van der Waals surface area contributed by atoms with Crippen molar-refractivity contribution in [3.05, 3.63) is 170 Å². The highest BCUT2D eigenvalue weighted by Crippen LogP contribution is 2.50. The van der Waals surface area contributed by atoms with E-state index in [2.05, 4.69) is 150 Å². The average molecular weight is 601 g/mol. The van der Waals surface area contributed by atoms with Gasteiger partial charge >= 0.3 is 0 Å². The summed E-state index contributed by atoms with van der Waals surface area (Å²) in [7, 11) is 0. The van der Waals surface area contributed by atoms with Crippen molar-refractivity contribution in [1.82, 2.24) is 15.0 Å². The van der Waals surface area contributed by atoms with Crippen molar-refractivity contribution < 1.29 is 0 Å². The summed E-state index contributed by atoms with van der Waals surface area (Å²) in [5, 5.41) is 2.46. The Balaban J connectivity index is 1.33. The van der Waals surface area contributed by atoms with Crippen LogP contribution < -0.4 is 4.90 Å². The summed E-state index contributed by atoms with van der Waals surface area (Å²) in [6.45, 7) is 0. The van der Waals surface area contributed by atoms with E-state index in [0.717, 1.165) is 44.8 Å². The molecule has 0 N–H and O–H groups in total. The van der Waals surface area contributed by atoms with Gasteiger partial charge in [0, 0.05) is 22.3 Å². The number of nitrogens with zero attached hydrogens (tertiary/aromatic N) is 4. The topological polar surface area (TPSA) is 41.9 Å². The molecule has 4 nitrogen and oxygen atoms in total. The van der Waals surface area contributed by atoms with Crippen LogP contribution in [0.5, 0.6) is 0 Å². The van der Waals surface area contributed by atoms with E-state index in [9.17, 15) is 0 Å². The van der Waals surface area contributed by atoms with Gasteiger partial charge in [0.25, 0.3) is 0 Å². The number of fused-ring (bicyclic) bond motifs is 4. The SMILES string of the molecule is c1ccc(-c2cccc(-c3nc(-c4ccccc4)nc(N4c5ccccc5-c5cccc6cccc(c56)-c5ccccc54)n3)c2)cc1. The van der Waals surface area contributed by atoms with E-state index in [0.29, 0.717) is 17.6 Å². The van der Waals surface area contributed by atoms with Gasteiger partial charge in [-0.1, -0.05) is 152 Å². The van der Waals surface area contributed by atoms with Gasteiger partial charge in [-0.3, -0.25) is 4.90 Å². The van der Waals surface area contributed by atoms with Crippen LogP contribution in [0.3, 0.4) is 0 Å². The number of benzene rings is 7.